The van der Waals surface area contributed by atoms with Gasteiger partial charge in [-0.3, -0.25) is 4.79 Å². The molecule has 0 heterocycles. The zero-order chi connectivity index (χ0) is 13.5. The van der Waals surface area contributed by atoms with Gasteiger partial charge >= 0.3 is 5.97 Å². The van der Waals surface area contributed by atoms with E-state index < -0.39 is 21.6 Å². The van der Waals surface area contributed by atoms with Gasteiger partial charge in [-0.2, -0.15) is 0 Å². The molecular formula is C11H23NO4S. The van der Waals surface area contributed by atoms with E-state index in [2.05, 4.69) is 10.1 Å². The molecule has 5 nitrogen and oxygen atoms in total. The van der Waals surface area contributed by atoms with Crippen molar-refractivity contribution in [3.63, 3.8) is 0 Å². The quantitative estimate of drug-likeness (QED) is 0.651. The maximum atomic E-state index is 11.8. The third-order valence-electron chi connectivity index (χ3n) is 2.80. The maximum Gasteiger partial charge on any atom is 0.320 e. The van der Waals surface area contributed by atoms with E-state index in [1.165, 1.54) is 7.11 Å². The number of hydrogen-bond donors (Lipinski definition) is 1. The van der Waals surface area contributed by atoms with Gasteiger partial charge in [0.15, 0.2) is 9.84 Å². The summed E-state index contributed by atoms with van der Waals surface area (Å²) in [5, 5.41) is 3.15. The molecule has 0 aromatic heterocycles. The van der Waals surface area contributed by atoms with Crippen molar-refractivity contribution in [1.29, 1.82) is 0 Å². The van der Waals surface area contributed by atoms with E-state index in [4.69, 9.17) is 0 Å². The van der Waals surface area contributed by atoms with Crippen molar-refractivity contribution in [2.75, 3.05) is 25.2 Å². The Morgan fingerprint density at radius 3 is 2.35 bits per heavy atom. The minimum Gasteiger partial charge on any atom is -0.468 e. The van der Waals surface area contributed by atoms with E-state index >= 15 is 0 Å². The highest BCUT2D eigenvalue weighted by Crippen LogP contribution is 2.10. The Bertz CT molecular complexity index is 326. The van der Waals surface area contributed by atoms with Gasteiger partial charge < -0.3 is 10.1 Å². The third-order valence-corrected chi connectivity index (χ3v) is 4.34. The van der Waals surface area contributed by atoms with Crippen molar-refractivity contribution in [1.82, 2.24) is 5.32 Å². The van der Waals surface area contributed by atoms with Crippen molar-refractivity contribution in [2.45, 2.75) is 33.2 Å². The second kappa shape index (κ2) is 7.66. The van der Waals surface area contributed by atoms with Crippen LogP contribution in [0.5, 0.6) is 0 Å². The van der Waals surface area contributed by atoms with Crippen LogP contribution in [0.3, 0.4) is 0 Å². The summed E-state index contributed by atoms with van der Waals surface area (Å²) in [6.07, 6.45) is 0.894. The van der Waals surface area contributed by atoms with Crippen LogP contribution in [0.15, 0.2) is 0 Å². The number of methoxy groups -OCH3 is 1. The first-order chi connectivity index (χ1) is 7.86. The Kier molecular flexibility index (Phi) is 7.38. The SMILES string of the molecule is CCNC(CS(=O)(=O)CC(=O)OC)C(C)CC. The molecule has 0 aliphatic heterocycles. The average Bonchev–Trinajstić information content (AvgIpc) is 2.26. The largest absolute Gasteiger partial charge is 0.468 e. The second-order valence-electron chi connectivity index (χ2n) is 4.18. The Balaban J connectivity index is 4.57. The molecule has 1 N–H and O–H groups in total. The summed E-state index contributed by atoms with van der Waals surface area (Å²) < 4.78 is 27.9. The topological polar surface area (TPSA) is 72.5 Å². The summed E-state index contributed by atoms with van der Waals surface area (Å²) in [5.74, 6) is -1.01. The third kappa shape index (κ3) is 6.63. The van der Waals surface area contributed by atoms with Crippen molar-refractivity contribution in [3.05, 3.63) is 0 Å². The van der Waals surface area contributed by atoms with E-state index in [9.17, 15) is 13.2 Å². The first-order valence-electron chi connectivity index (χ1n) is 5.86. The lowest BCUT2D eigenvalue weighted by Crippen LogP contribution is -2.41. The predicted octanol–water partition coefficient (Wildman–Crippen LogP) is 0.598. The summed E-state index contributed by atoms with van der Waals surface area (Å²) in [4.78, 5) is 11.0. The highest BCUT2D eigenvalue weighted by Gasteiger charge is 2.25. The molecule has 2 atom stereocenters. The second-order valence-corrected chi connectivity index (χ2v) is 6.29. The number of rotatable bonds is 8. The minimum atomic E-state index is -3.41. The molecular weight excluding hydrogens is 242 g/mol. The zero-order valence-corrected chi connectivity index (χ0v) is 11.8. The molecule has 0 aliphatic carbocycles. The molecule has 0 amide bonds. The smallest absolute Gasteiger partial charge is 0.320 e. The molecule has 0 fully saturated rings. The molecule has 0 aromatic rings. The fraction of sp³-hybridized carbons (Fsp3) is 0.909. The first kappa shape index (κ1) is 16.4. The van der Waals surface area contributed by atoms with Crippen molar-refractivity contribution >= 4 is 15.8 Å². The maximum absolute atomic E-state index is 11.8. The van der Waals surface area contributed by atoms with Gasteiger partial charge in [0, 0.05) is 6.04 Å². The van der Waals surface area contributed by atoms with Crippen LogP contribution in [0.25, 0.3) is 0 Å². The van der Waals surface area contributed by atoms with Crippen LogP contribution in [-0.2, 0) is 19.4 Å². The molecule has 0 aromatic carbocycles. The van der Waals surface area contributed by atoms with Gasteiger partial charge in [0.1, 0.15) is 5.75 Å². The van der Waals surface area contributed by atoms with Crippen LogP contribution in [0.1, 0.15) is 27.2 Å². The van der Waals surface area contributed by atoms with Crippen LogP contribution >= 0.6 is 0 Å². The van der Waals surface area contributed by atoms with Gasteiger partial charge in [-0.25, -0.2) is 8.42 Å². The van der Waals surface area contributed by atoms with E-state index in [1.807, 2.05) is 20.8 Å². The van der Waals surface area contributed by atoms with Crippen LogP contribution in [-0.4, -0.2) is 45.6 Å². The zero-order valence-electron chi connectivity index (χ0n) is 11.0. The minimum absolute atomic E-state index is 0.0229. The fourth-order valence-corrected chi connectivity index (χ4v) is 3.13. The van der Waals surface area contributed by atoms with Gasteiger partial charge in [0.2, 0.25) is 0 Å². The average molecular weight is 265 g/mol. The van der Waals surface area contributed by atoms with E-state index in [-0.39, 0.29) is 17.7 Å². The van der Waals surface area contributed by atoms with Crippen LogP contribution in [0.4, 0.5) is 0 Å². The molecule has 102 valence electrons. The van der Waals surface area contributed by atoms with Crippen LogP contribution in [0.2, 0.25) is 0 Å². The molecule has 0 spiro atoms. The number of esters is 1. The van der Waals surface area contributed by atoms with Gasteiger partial charge in [-0.05, 0) is 12.5 Å². The predicted molar refractivity (Wildman–Crippen MR) is 67.6 cm³/mol. The number of carbonyl (C=O) groups excluding carboxylic acids is 1. The van der Waals surface area contributed by atoms with Gasteiger partial charge in [0.25, 0.3) is 0 Å². The molecule has 17 heavy (non-hydrogen) atoms. The molecule has 0 rings (SSSR count). The van der Waals surface area contributed by atoms with Gasteiger partial charge in [-0.15, -0.1) is 0 Å². The molecule has 0 radical (unpaired) electrons. The Morgan fingerprint density at radius 2 is 1.94 bits per heavy atom. The highest BCUT2D eigenvalue weighted by molar-refractivity contribution is 7.92. The van der Waals surface area contributed by atoms with Crippen LogP contribution < -0.4 is 5.32 Å². The first-order valence-corrected chi connectivity index (χ1v) is 7.69. The fourth-order valence-electron chi connectivity index (χ4n) is 1.54. The summed E-state index contributed by atoms with van der Waals surface area (Å²) >= 11 is 0. The summed E-state index contributed by atoms with van der Waals surface area (Å²) in [6.45, 7) is 6.66. The normalized spacial score (nSPS) is 15.3. The summed E-state index contributed by atoms with van der Waals surface area (Å²) in [7, 11) is -2.22. The molecule has 2 unspecified atom stereocenters. The monoisotopic (exact) mass is 265 g/mol. The Hall–Kier alpha value is -0.620. The highest BCUT2D eigenvalue weighted by atomic mass is 32.2. The number of hydrogen-bond acceptors (Lipinski definition) is 5. The van der Waals surface area contributed by atoms with Gasteiger partial charge in [-0.1, -0.05) is 27.2 Å². The Labute approximate surface area is 104 Å². The lowest BCUT2D eigenvalue weighted by atomic mass is 10.0. The summed E-state index contributed by atoms with van der Waals surface area (Å²) in [6, 6.07) is -0.111. The van der Waals surface area contributed by atoms with Crippen molar-refractivity contribution in [3.8, 4) is 0 Å². The number of sulfone groups is 1. The van der Waals surface area contributed by atoms with Crippen LogP contribution in [0, 0.1) is 5.92 Å². The lowest BCUT2D eigenvalue weighted by molar-refractivity contribution is -0.137. The number of ether oxygens (including phenoxy) is 1. The Morgan fingerprint density at radius 1 is 1.35 bits per heavy atom. The number of nitrogens with one attached hydrogen (secondary N) is 1. The van der Waals surface area contributed by atoms with E-state index in [0.29, 0.717) is 6.54 Å². The standard InChI is InChI=1S/C11H23NO4S/c1-5-9(3)10(12-6-2)7-17(14,15)8-11(13)16-4/h9-10,12H,5-8H2,1-4H3. The molecule has 0 aliphatic rings. The molecule has 0 bridgehead atoms. The van der Waals surface area contributed by atoms with Gasteiger partial charge in [0.05, 0.1) is 12.9 Å². The lowest BCUT2D eigenvalue weighted by Gasteiger charge is -2.23. The summed E-state index contributed by atoms with van der Waals surface area (Å²) in [5.41, 5.74) is 0. The van der Waals surface area contributed by atoms with Crippen molar-refractivity contribution < 1.29 is 17.9 Å². The molecule has 0 saturated heterocycles. The number of carbonyl (C=O) groups is 1. The molecule has 0 saturated carbocycles. The van der Waals surface area contributed by atoms with E-state index in [1.54, 1.807) is 0 Å². The van der Waals surface area contributed by atoms with Crippen molar-refractivity contribution in [2.24, 2.45) is 5.92 Å². The van der Waals surface area contributed by atoms with E-state index in [0.717, 1.165) is 6.42 Å². The molecule has 6 heteroatoms.